The third-order valence-corrected chi connectivity index (χ3v) is 7.86. The van der Waals surface area contributed by atoms with E-state index in [9.17, 15) is 13.2 Å². The number of nitrogens with zero attached hydrogens (tertiary/aromatic N) is 1. The number of rotatable bonds is 9. The second-order valence-electron chi connectivity index (χ2n) is 8.35. The highest BCUT2D eigenvalue weighted by Gasteiger charge is 2.27. The molecule has 1 aliphatic rings. The molecule has 1 heterocycles. The first-order chi connectivity index (χ1) is 15.3. The summed E-state index contributed by atoms with van der Waals surface area (Å²) >= 11 is 0. The second kappa shape index (κ2) is 10.9. The van der Waals surface area contributed by atoms with Gasteiger partial charge < -0.3 is 14.4 Å². The van der Waals surface area contributed by atoms with Gasteiger partial charge in [0.2, 0.25) is 5.91 Å². The summed E-state index contributed by atoms with van der Waals surface area (Å²) in [6.07, 6.45) is 4.67. The average Bonchev–Trinajstić information content (AvgIpc) is 2.81. The van der Waals surface area contributed by atoms with E-state index in [1.54, 1.807) is 38.5 Å². The molecule has 7 heteroatoms. The fourth-order valence-electron chi connectivity index (χ4n) is 4.23. The smallest absolute Gasteiger partial charge is 0.223 e. The van der Waals surface area contributed by atoms with Gasteiger partial charge in [0.1, 0.15) is 0 Å². The predicted octanol–water partition coefficient (Wildman–Crippen LogP) is 4.19. The highest BCUT2D eigenvalue weighted by molar-refractivity contribution is 7.91. The molecule has 174 valence electrons. The molecule has 0 radical (unpaired) electrons. The molecule has 0 saturated carbocycles. The first kappa shape index (κ1) is 24.1. The molecular formula is C25H33NO5S. The van der Waals surface area contributed by atoms with Crippen LogP contribution in [0, 0.1) is 6.92 Å². The molecule has 1 saturated heterocycles. The van der Waals surface area contributed by atoms with Crippen molar-refractivity contribution in [3.8, 4) is 11.5 Å². The van der Waals surface area contributed by atoms with Crippen LogP contribution in [-0.2, 0) is 21.1 Å². The third kappa shape index (κ3) is 6.03. The molecule has 32 heavy (non-hydrogen) atoms. The summed E-state index contributed by atoms with van der Waals surface area (Å²) in [4.78, 5) is 15.1. The Morgan fingerprint density at radius 3 is 2.44 bits per heavy atom. The fourth-order valence-corrected chi connectivity index (χ4v) is 5.46. The molecular weight excluding hydrogens is 426 g/mol. The number of methoxy groups -OCH3 is 2. The Morgan fingerprint density at radius 2 is 1.75 bits per heavy atom. The van der Waals surface area contributed by atoms with Crippen LogP contribution in [0.5, 0.6) is 11.5 Å². The Kier molecular flexibility index (Phi) is 8.18. The summed E-state index contributed by atoms with van der Waals surface area (Å²) in [6.45, 7) is 2.61. The van der Waals surface area contributed by atoms with Crippen LogP contribution in [0.3, 0.4) is 0 Å². The quantitative estimate of drug-likeness (QED) is 0.562. The van der Waals surface area contributed by atoms with Gasteiger partial charge in [-0.1, -0.05) is 23.8 Å². The largest absolute Gasteiger partial charge is 0.493 e. The summed E-state index contributed by atoms with van der Waals surface area (Å²) in [7, 11) is -0.239. The number of hydrogen-bond acceptors (Lipinski definition) is 5. The van der Waals surface area contributed by atoms with Gasteiger partial charge in [-0.2, -0.15) is 0 Å². The van der Waals surface area contributed by atoms with E-state index in [-0.39, 0.29) is 29.0 Å². The molecule has 2 aromatic rings. The minimum Gasteiger partial charge on any atom is -0.493 e. The van der Waals surface area contributed by atoms with E-state index in [1.807, 2.05) is 30.0 Å². The summed E-state index contributed by atoms with van der Waals surface area (Å²) < 4.78 is 36.0. The van der Waals surface area contributed by atoms with E-state index in [1.165, 1.54) is 0 Å². The molecule has 0 aromatic heterocycles. The van der Waals surface area contributed by atoms with Crippen molar-refractivity contribution in [3.05, 3.63) is 53.6 Å². The van der Waals surface area contributed by atoms with Crippen molar-refractivity contribution < 1.29 is 22.7 Å². The zero-order chi connectivity index (χ0) is 23.1. The molecule has 1 amide bonds. The lowest BCUT2D eigenvalue weighted by Crippen LogP contribution is -2.44. The Bertz CT molecular complexity index is 1020. The highest BCUT2D eigenvalue weighted by Crippen LogP contribution is 2.29. The van der Waals surface area contributed by atoms with Gasteiger partial charge in [0.05, 0.1) is 24.9 Å². The zero-order valence-corrected chi connectivity index (χ0v) is 20.0. The highest BCUT2D eigenvalue weighted by atomic mass is 32.2. The van der Waals surface area contributed by atoms with Crippen molar-refractivity contribution in [1.82, 2.24) is 4.90 Å². The SMILES string of the molecule is COc1ccc(CCC2CCCCN2C(=O)CCS(=O)(=O)c2ccc(C)cc2)cc1OC. The molecule has 0 N–H and O–H groups in total. The van der Waals surface area contributed by atoms with Crippen LogP contribution in [0.1, 0.15) is 43.2 Å². The van der Waals surface area contributed by atoms with Crippen molar-refractivity contribution in [1.29, 1.82) is 0 Å². The Balaban J connectivity index is 1.60. The van der Waals surface area contributed by atoms with Gasteiger partial charge in [-0.05, 0) is 68.9 Å². The van der Waals surface area contributed by atoms with Gasteiger partial charge in [-0.3, -0.25) is 4.79 Å². The van der Waals surface area contributed by atoms with Crippen molar-refractivity contribution >= 4 is 15.7 Å². The number of amides is 1. The molecule has 2 aromatic carbocycles. The van der Waals surface area contributed by atoms with Crippen molar-refractivity contribution in [3.63, 3.8) is 0 Å². The van der Waals surface area contributed by atoms with E-state index in [0.717, 1.165) is 43.2 Å². The molecule has 3 rings (SSSR count). The molecule has 0 bridgehead atoms. The van der Waals surface area contributed by atoms with Gasteiger partial charge in [0.25, 0.3) is 0 Å². The molecule has 6 nitrogen and oxygen atoms in total. The first-order valence-corrected chi connectivity index (χ1v) is 12.8. The number of hydrogen-bond donors (Lipinski definition) is 0. The van der Waals surface area contributed by atoms with Crippen LogP contribution in [-0.4, -0.2) is 51.8 Å². The predicted molar refractivity (Wildman–Crippen MR) is 125 cm³/mol. The lowest BCUT2D eigenvalue weighted by Gasteiger charge is -2.36. The van der Waals surface area contributed by atoms with Crippen molar-refractivity contribution in [2.75, 3.05) is 26.5 Å². The third-order valence-electron chi connectivity index (χ3n) is 6.13. The average molecular weight is 460 g/mol. The molecule has 0 aliphatic carbocycles. The summed E-state index contributed by atoms with van der Waals surface area (Å²) in [5.74, 6) is 1.16. The number of ether oxygens (including phenoxy) is 2. The lowest BCUT2D eigenvalue weighted by molar-refractivity contribution is -0.134. The molecule has 1 unspecified atom stereocenters. The topological polar surface area (TPSA) is 72.9 Å². The lowest BCUT2D eigenvalue weighted by atomic mass is 9.95. The number of piperidine rings is 1. The maximum atomic E-state index is 13.0. The number of aryl methyl sites for hydroxylation is 2. The van der Waals surface area contributed by atoms with Crippen LogP contribution >= 0.6 is 0 Å². The molecule has 1 aliphatic heterocycles. The summed E-state index contributed by atoms with van der Waals surface area (Å²) in [5, 5.41) is 0. The normalized spacial score (nSPS) is 16.6. The van der Waals surface area contributed by atoms with E-state index >= 15 is 0 Å². The van der Waals surface area contributed by atoms with Gasteiger partial charge in [0.15, 0.2) is 21.3 Å². The van der Waals surface area contributed by atoms with Gasteiger partial charge in [-0.25, -0.2) is 8.42 Å². The number of sulfone groups is 1. The van der Waals surface area contributed by atoms with Gasteiger partial charge >= 0.3 is 0 Å². The Labute approximate surface area is 191 Å². The van der Waals surface area contributed by atoms with Crippen molar-refractivity contribution in [2.45, 2.75) is 56.4 Å². The van der Waals surface area contributed by atoms with Crippen molar-refractivity contribution in [2.24, 2.45) is 0 Å². The molecule has 0 spiro atoms. The van der Waals surface area contributed by atoms with Gasteiger partial charge in [-0.15, -0.1) is 0 Å². The number of benzene rings is 2. The molecule has 1 fully saturated rings. The van der Waals surface area contributed by atoms with Crippen LogP contribution in [0.2, 0.25) is 0 Å². The molecule has 1 atom stereocenters. The Morgan fingerprint density at radius 1 is 1.03 bits per heavy atom. The van der Waals surface area contributed by atoms with Gasteiger partial charge in [0, 0.05) is 19.0 Å². The maximum Gasteiger partial charge on any atom is 0.223 e. The standard InChI is InChI=1S/C25H33NO5S/c1-19-7-12-22(13-8-19)32(28,29)17-15-25(27)26-16-5-4-6-21(26)11-9-20-10-14-23(30-2)24(18-20)31-3/h7-8,10,12-14,18,21H,4-6,9,11,15-17H2,1-3H3. The van der Waals surface area contributed by atoms with E-state index in [2.05, 4.69) is 0 Å². The minimum atomic E-state index is -3.47. The van der Waals surface area contributed by atoms with E-state index < -0.39 is 9.84 Å². The van der Waals surface area contributed by atoms with Crippen LogP contribution in [0.4, 0.5) is 0 Å². The van der Waals surface area contributed by atoms with Crippen LogP contribution in [0.15, 0.2) is 47.4 Å². The zero-order valence-electron chi connectivity index (χ0n) is 19.2. The first-order valence-electron chi connectivity index (χ1n) is 11.1. The number of likely N-dealkylation sites (tertiary alicyclic amines) is 1. The maximum absolute atomic E-state index is 13.0. The number of carbonyl (C=O) groups is 1. The minimum absolute atomic E-state index is 0.0169. The van der Waals surface area contributed by atoms with E-state index in [0.29, 0.717) is 18.0 Å². The second-order valence-corrected chi connectivity index (χ2v) is 10.5. The van der Waals surface area contributed by atoms with Crippen LogP contribution < -0.4 is 9.47 Å². The van der Waals surface area contributed by atoms with Crippen LogP contribution in [0.25, 0.3) is 0 Å². The van der Waals surface area contributed by atoms with E-state index in [4.69, 9.17) is 9.47 Å². The fraction of sp³-hybridized carbons (Fsp3) is 0.480. The summed E-state index contributed by atoms with van der Waals surface area (Å²) in [5.41, 5.74) is 2.13. The summed E-state index contributed by atoms with van der Waals surface area (Å²) in [6, 6.07) is 12.8. The Hall–Kier alpha value is -2.54. The monoisotopic (exact) mass is 459 g/mol. The number of carbonyl (C=O) groups excluding carboxylic acids is 1.